The van der Waals surface area contributed by atoms with Crippen molar-refractivity contribution in [3.63, 3.8) is 0 Å². The lowest BCUT2D eigenvalue weighted by Crippen LogP contribution is -2.81. The molecule has 5 rings (SSSR count). The van der Waals surface area contributed by atoms with Crippen molar-refractivity contribution in [1.29, 1.82) is 0 Å². The number of rotatable bonds is 3. The van der Waals surface area contributed by atoms with Gasteiger partial charge in [-0.15, -0.1) is 0 Å². The molecule has 1 N–H and O–H groups in total. The fourth-order valence-corrected chi connectivity index (χ4v) is 7.47. The van der Waals surface area contributed by atoms with E-state index in [1.165, 1.54) is 19.3 Å². The molecule has 0 bridgehead atoms. The lowest BCUT2D eigenvalue weighted by Gasteiger charge is -2.70. The summed E-state index contributed by atoms with van der Waals surface area (Å²) in [7, 11) is 1.44. The van der Waals surface area contributed by atoms with Crippen LogP contribution in [0, 0.1) is 23.2 Å². The second-order valence-corrected chi connectivity index (χ2v) is 9.65. The van der Waals surface area contributed by atoms with Crippen LogP contribution in [0.15, 0.2) is 23.8 Å². The first kappa shape index (κ1) is 18.6. The Morgan fingerprint density at radius 1 is 1.43 bits per heavy atom. The van der Waals surface area contributed by atoms with Gasteiger partial charge in [-0.1, -0.05) is 13.8 Å². The van der Waals surface area contributed by atoms with Crippen molar-refractivity contribution in [3.05, 3.63) is 23.8 Å². The van der Waals surface area contributed by atoms with Gasteiger partial charge in [0, 0.05) is 18.4 Å². The fourth-order valence-electron chi connectivity index (χ4n) is 7.47. The number of hydrogen-bond acceptors (Lipinski definition) is 5. The standard InChI is InChI=1S/C22H27FO5/c1-12-8-16-15-5-4-13-9-14(24)6-7-20(13)21(15,23)18(28-20)10-19(16,2)22(12,26)17(25)11-27-3/h6-7,9,12,15-16,18,26H,4-5,8,10-11H2,1-3H3. The Morgan fingerprint density at radius 2 is 2.18 bits per heavy atom. The van der Waals surface area contributed by atoms with Gasteiger partial charge in [0.25, 0.3) is 0 Å². The van der Waals surface area contributed by atoms with E-state index in [9.17, 15) is 14.7 Å². The van der Waals surface area contributed by atoms with Crippen LogP contribution in [0.5, 0.6) is 0 Å². The fraction of sp³-hybridized carbons (Fsp3) is 0.727. The Hall–Kier alpha value is -1.37. The van der Waals surface area contributed by atoms with Crippen molar-refractivity contribution in [2.24, 2.45) is 23.2 Å². The molecule has 1 saturated heterocycles. The average Bonchev–Trinajstić information content (AvgIpc) is 2.85. The van der Waals surface area contributed by atoms with E-state index in [1.807, 2.05) is 13.8 Å². The molecule has 8 unspecified atom stereocenters. The van der Waals surface area contributed by atoms with Crippen molar-refractivity contribution < 1.29 is 28.6 Å². The number of allylic oxidation sites excluding steroid dienone is 2. The van der Waals surface area contributed by atoms with Crippen LogP contribution in [-0.2, 0) is 19.1 Å². The van der Waals surface area contributed by atoms with Gasteiger partial charge in [-0.3, -0.25) is 9.59 Å². The van der Waals surface area contributed by atoms with Gasteiger partial charge in [-0.2, -0.15) is 0 Å². The molecule has 1 aliphatic heterocycles. The summed E-state index contributed by atoms with van der Waals surface area (Å²) in [5, 5.41) is 11.6. The highest BCUT2D eigenvalue weighted by atomic mass is 19.1. The Balaban J connectivity index is 1.58. The van der Waals surface area contributed by atoms with Crippen LogP contribution in [0.2, 0.25) is 0 Å². The number of halogens is 1. The third-order valence-corrected chi connectivity index (χ3v) is 8.71. The van der Waals surface area contributed by atoms with E-state index >= 15 is 4.39 Å². The summed E-state index contributed by atoms with van der Waals surface area (Å²) in [5.41, 5.74) is -4.31. The largest absolute Gasteiger partial charge is 0.381 e. The molecule has 4 fully saturated rings. The molecule has 1 heterocycles. The molecule has 0 aromatic carbocycles. The molecule has 4 aliphatic carbocycles. The maximum atomic E-state index is 16.7. The van der Waals surface area contributed by atoms with Crippen molar-refractivity contribution >= 4 is 11.6 Å². The molecule has 5 nitrogen and oxygen atoms in total. The molecule has 3 saturated carbocycles. The quantitative estimate of drug-likeness (QED) is 0.801. The average molecular weight is 390 g/mol. The maximum absolute atomic E-state index is 16.7. The lowest BCUT2D eigenvalue weighted by atomic mass is 9.44. The molecule has 0 amide bonds. The lowest BCUT2D eigenvalue weighted by molar-refractivity contribution is -0.354. The smallest absolute Gasteiger partial charge is 0.190 e. The van der Waals surface area contributed by atoms with E-state index in [0.29, 0.717) is 19.3 Å². The summed E-state index contributed by atoms with van der Waals surface area (Å²) in [6.07, 6.45) is 5.95. The highest BCUT2D eigenvalue weighted by Crippen LogP contribution is 2.73. The number of alkyl halides is 1. The third kappa shape index (κ3) is 1.75. The normalized spacial score (nSPS) is 53.6. The number of methoxy groups -OCH3 is 1. The van der Waals surface area contributed by atoms with Crippen LogP contribution in [0.1, 0.15) is 39.5 Å². The maximum Gasteiger partial charge on any atom is 0.190 e. The van der Waals surface area contributed by atoms with E-state index in [1.54, 1.807) is 6.08 Å². The van der Waals surface area contributed by atoms with Crippen LogP contribution in [0.3, 0.4) is 0 Å². The minimum Gasteiger partial charge on any atom is -0.381 e. The zero-order chi connectivity index (χ0) is 20.1. The number of carbonyl (C=O) groups excluding carboxylic acids is 2. The topological polar surface area (TPSA) is 72.8 Å². The highest BCUT2D eigenvalue weighted by molar-refractivity contribution is 6.01. The zero-order valence-corrected chi connectivity index (χ0v) is 16.5. The molecule has 28 heavy (non-hydrogen) atoms. The number of fused-ring (bicyclic) bond motifs is 2. The van der Waals surface area contributed by atoms with E-state index in [4.69, 9.17) is 9.47 Å². The Labute approximate surface area is 164 Å². The third-order valence-electron chi connectivity index (χ3n) is 8.71. The zero-order valence-electron chi connectivity index (χ0n) is 16.5. The van der Waals surface area contributed by atoms with Gasteiger partial charge in [-0.05, 0) is 61.3 Å². The van der Waals surface area contributed by atoms with Crippen molar-refractivity contribution in [2.45, 2.75) is 62.5 Å². The van der Waals surface area contributed by atoms with Gasteiger partial charge in [0.05, 0.1) is 6.10 Å². The van der Waals surface area contributed by atoms with E-state index in [0.717, 1.165) is 5.57 Å². The molecule has 1 spiro atoms. The SMILES string of the molecule is COCC(=O)C1(O)C(C)CC2C3CCC4=CC(=O)C=CC45OC(CC21C)C35F. The first-order valence-corrected chi connectivity index (χ1v) is 10.2. The van der Waals surface area contributed by atoms with E-state index in [2.05, 4.69) is 0 Å². The molecule has 0 radical (unpaired) electrons. The van der Waals surface area contributed by atoms with Gasteiger partial charge in [0.1, 0.15) is 17.8 Å². The van der Waals surface area contributed by atoms with Crippen molar-refractivity contribution in [1.82, 2.24) is 0 Å². The molecular weight excluding hydrogens is 363 g/mol. The van der Waals surface area contributed by atoms with Gasteiger partial charge < -0.3 is 14.6 Å². The number of carbonyl (C=O) groups is 2. The predicted molar refractivity (Wildman–Crippen MR) is 98.2 cm³/mol. The van der Waals surface area contributed by atoms with Gasteiger partial charge in [-0.25, -0.2) is 4.39 Å². The molecule has 0 aromatic heterocycles. The molecule has 6 heteroatoms. The van der Waals surface area contributed by atoms with Crippen LogP contribution in [-0.4, -0.2) is 53.4 Å². The minimum atomic E-state index is -1.59. The summed E-state index contributed by atoms with van der Waals surface area (Å²) in [5.74, 6) is -1.16. The minimum absolute atomic E-state index is 0.121. The van der Waals surface area contributed by atoms with Crippen molar-refractivity contribution in [3.8, 4) is 0 Å². The van der Waals surface area contributed by atoms with E-state index < -0.39 is 28.4 Å². The predicted octanol–water partition coefficient (Wildman–Crippen LogP) is 2.32. The van der Waals surface area contributed by atoms with Crippen molar-refractivity contribution in [2.75, 3.05) is 13.7 Å². The first-order valence-electron chi connectivity index (χ1n) is 10.2. The molecule has 152 valence electrons. The number of ketones is 2. The van der Waals surface area contributed by atoms with Crippen LogP contribution in [0.25, 0.3) is 0 Å². The first-order chi connectivity index (χ1) is 13.1. The Kier molecular flexibility index (Phi) is 3.60. The molecular formula is C22H27FO5. The van der Waals surface area contributed by atoms with Gasteiger partial charge in [0.2, 0.25) is 0 Å². The summed E-state index contributed by atoms with van der Waals surface area (Å²) in [4.78, 5) is 24.7. The summed E-state index contributed by atoms with van der Waals surface area (Å²) >= 11 is 0. The number of aliphatic hydroxyl groups is 1. The number of Topliss-reactive ketones (excluding diaryl/α,β-unsaturated/α-hetero) is 1. The molecule has 5 aliphatic rings. The van der Waals surface area contributed by atoms with Gasteiger partial charge >= 0.3 is 0 Å². The summed E-state index contributed by atoms with van der Waals surface area (Å²) in [6.45, 7) is 3.66. The number of ether oxygens (including phenoxy) is 2. The summed E-state index contributed by atoms with van der Waals surface area (Å²) in [6, 6.07) is 0. The van der Waals surface area contributed by atoms with Gasteiger partial charge in [0.15, 0.2) is 17.2 Å². The monoisotopic (exact) mass is 390 g/mol. The second kappa shape index (κ2) is 5.41. The second-order valence-electron chi connectivity index (χ2n) is 9.65. The molecule has 8 atom stereocenters. The highest BCUT2D eigenvalue weighted by Gasteiger charge is 2.82. The van der Waals surface area contributed by atoms with E-state index in [-0.39, 0.29) is 42.3 Å². The Bertz CT molecular complexity index is 835. The van der Waals surface area contributed by atoms with Crippen LogP contribution < -0.4 is 0 Å². The van der Waals surface area contributed by atoms with Crippen LogP contribution in [0.4, 0.5) is 4.39 Å². The molecule has 0 aromatic rings. The Morgan fingerprint density at radius 3 is 2.89 bits per heavy atom. The number of hydrogen-bond donors (Lipinski definition) is 1. The summed E-state index contributed by atoms with van der Waals surface area (Å²) < 4.78 is 27.9. The van der Waals surface area contributed by atoms with Crippen LogP contribution >= 0.6 is 0 Å².